The van der Waals surface area contributed by atoms with Crippen LogP contribution in [0, 0.1) is 11.6 Å². The molecule has 1 aromatic rings. The molecule has 0 spiro atoms. The zero-order valence-corrected chi connectivity index (χ0v) is 7.59. The Morgan fingerprint density at radius 1 is 1.29 bits per heavy atom. The van der Waals surface area contributed by atoms with E-state index in [9.17, 15) is 13.6 Å². The van der Waals surface area contributed by atoms with Crippen LogP contribution in [0.4, 0.5) is 8.78 Å². The van der Waals surface area contributed by atoms with E-state index in [-0.39, 0.29) is 5.56 Å². The number of aldehydes is 1. The molecule has 0 bridgehead atoms. The molecule has 1 rings (SSSR count). The molecule has 0 aliphatic rings. The summed E-state index contributed by atoms with van der Waals surface area (Å²) in [5.41, 5.74) is 5.98. The molecular formula is C10H11F2NO. The van der Waals surface area contributed by atoms with Crippen LogP contribution in [0.1, 0.15) is 22.3 Å². The number of nitrogens with two attached hydrogens (primary N) is 1. The smallest absolute Gasteiger partial charge is 0.159 e. The fourth-order valence-corrected chi connectivity index (χ4v) is 1.22. The Hall–Kier alpha value is -1.29. The monoisotopic (exact) mass is 199 g/mol. The second-order valence-electron chi connectivity index (χ2n) is 2.98. The third kappa shape index (κ3) is 2.35. The van der Waals surface area contributed by atoms with E-state index in [1.807, 2.05) is 0 Å². The topological polar surface area (TPSA) is 43.1 Å². The van der Waals surface area contributed by atoms with Crippen LogP contribution in [0.25, 0.3) is 0 Å². The van der Waals surface area contributed by atoms with Crippen LogP contribution >= 0.6 is 0 Å². The number of halogens is 2. The third-order valence-corrected chi connectivity index (χ3v) is 1.96. The summed E-state index contributed by atoms with van der Waals surface area (Å²) in [7, 11) is 0. The predicted octanol–water partition coefficient (Wildman–Crippen LogP) is 1.67. The molecule has 0 amide bonds. The van der Waals surface area contributed by atoms with Gasteiger partial charge in [0.25, 0.3) is 0 Å². The maximum atomic E-state index is 12.8. The minimum absolute atomic E-state index is 0.192. The van der Waals surface area contributed by atoms with Gasteiger partial charge in [0, 0.05) is 5.56 Å². The number of hydrogen-bond acceptors (Lipinski definition) is 2. The Bertz CT molecular complexity index is 339. The Morgan fingerprint density at radius 3 is 2.50 bits per heavy atom. The molecule has 76 valence electrons. The maximum absolute atomic E-state index is 12.8. The van der Waals surface area contributed by atoms with E-state index in [4.69, 9.17) is 5.73 Å². The lowest BCUT2D eigenvalue weighted by molar-refractivity contribution is 0.112. The van der Waals surface area contributed by atoms with Crippen molar-refractivity contribution in [1.82, 2.24) is 0 Å². The van der Waals surface area contributed by atoms with Gasteiger partial charge in [-0.3, -0.25) is 4.79 Å². The highest BCUT2D eigenvalue weighted by atomic mass is 19.2. The van der Waals surface area contributed by atoms with Crippen LogP contribution in [0.5, 0.6) is 0 Å². The molecule has 14 heavy (non-hydrogen) atoms. The van der Waals surface area contributed by atoms with Crippen LogP contribution in [0.2, 0.25) is 0 Å². The normalized spacial score (nSPS) is 10.2. The first kappa shape index (κ1) is 10.8. The summed E-state index contributed by atoms with van der Waals surface area (Å²) in [5.74, 6) is -1.92. The van der Waals surface area contributed by atoms with Crippen molar-refractivity contribution in [1.29, 1.82) is 0 Å². The SMILES string of the molecule is NCCCc1cc(F)c(F)cc1C=O. The fourth-order valence-electron chi connectivity index (χ4n) is 1.22. The summed E-state index contributed by atoms with van der Waals surface area (Å²) in [6, 6.07) is 1.96. The zero-order chi connectivity index (χ0) is 10.6. The van der Waals surface area contributed by atoms with Gasteiger partial charge in [-0.05, 0) is 37.1 Å². The lowest BCUT2D eigenvalue weighted by Crippen LogP contribution is -2.03. The molecule has 0 heterocycles. The van der Waals surface area contributed by atoms with Gasteiger partial charge in [0.2, 0.25) is 0 Å². The lowest BCUT2D eigenvalue weighted by atomic mass is 10.0. The van der Waals surface area contributed by atoms with Gasteiger partial charge >= 0.3 is 0 Å². The van der Waals surface area contributed by atoms with E-state index in [1.54, 1.807) is 0 Å². The second kappa shape index (κ2) is 4.81. The summed E-state index contributed by atoms with van der Waals surface area (Å²) < 4.78 is 25.5. The molecule has 0 saturated heterocycles. The highest BCUT2D eigenvalue weighted by molar-refractivity contribution is 5.77. The molecule has 4 heteroatoms. The van der Waals surface area contributed by atoms with Crippen LogP contribution < -0.4 is 5.73 Å². The van der Waals surface area contributed by atoms with Gasteiger partial charge < -0.3 is 5.73 Å². The first-order valence-corrected chi connectivity index (χ1v) is 4.32. The fraction of sp³-hybridized carbons (Fsp3) is 0.300. The number of benzene rings is 1. The van der Waals surface area contributed by atoms with Crippen molar-refractivity contribution in [3.8, 4) is 0 Å². The summed E-state index contributed by atoms with van der Waals surface area (Å²) >= 11 is 0. The van der Waals surface area contributed by atoms with Gasteiger partial charge in [0.05, 0.1) is 0 Å². The molecule has 2 N–H and O–H groups in total. The van der Waals surface area contributed by atoms with Crippen LogP contribution in [-0.2, 0) is 6.42 Å². The minimum atomic E-state index is -0.997. The average molecular weight is 199 g/mol. The molecular weight excluding hydrogens is 188 g/mol. The van der Waals surface area contributed by atoms with Crippen molar-refractivity contribution in [3.63, 3.8) is 0 Å². The summed E-state index contributed by atoms with van der Waals surface area (Å²) in [5, 5.41) is 0. The number of carbonyl (C=O) groups is 1. The van der Waals surface area contributed by atoms with Crippen molar-refractivity contribution in [2.45, 2.75) is 12.8 Å². The van der Waals surface area contributed by atoms with E-state index in [0.29, 0.717) is 31.2 Å². The van der Waals surface area contributed by atoms with E-state index in [0.717, 1.165) is 12.1 Å². The molecule has 0 fully saturated rings. The highest BCUT2D eigenvalue weighted by Gasteiger charge is 2.08. The van der Waals surface area contributed by atoms with Gasteiger partial charge in [-0.15, -0.1) is 0 Å². The Labute approximate surface area is 80.7 Å². The van der Waals surface area contributed by atoms with Gasteiger partial charge in [0.15, 0.2) is 11.6 Å². The molecule has 0 radical (unpaired) electrons. The lowest BCUT2D eigenvalue weighted by Gasteiger charge is -2.04. The van der Waals surface area contributed by atoms with E-state index < -0.39 is 11.6 Å². The zero-order valence-electron chi connectivity index (χ0n) is 7.59. The number of carbonyl (C=O) groups excluding carboxylic acids is 1. The van der Waals surface area contributed by atoms with Gasteiger partial charge in [-0.25, -0.2) is 8.78 Å². The Morgan fingerprint density at radius 2 is 1.93 bits per heavy atom. The van der Waals surface area contributed by atoms with Crippen LogP contribution in [0.15, 0.2) is 12.1 Å². The highest BCUT2D eigenvalue weighted by Crippen LogP contribution is 2.14. The number of hydrogen-bond donors (Lipinski definition) is 1. The first-order valence-electron chi connectivity index (χ1n) is 4.32. The molecule has 1 aromatic carbocycles. The number of rotatable bonds is 4. The number of aryl methyl sites for hydroxylation is 1. The summed E-state index contributed by atoms with van der Waals surface area (Å²) in [6.45, 7) is 0.456. The van der Waals surface area contributed by atoms with Gasteiger partial charge in [-0.2, -0.15) is 0 Å². The van der Waals surface area contributed by atoms with E-state index >= 15 is 0 Å². The average Bonchev–Trinajstić information content (AvgIpc) is 2.19. The van der Waals surface area contributed by atoms with Gasteiger partial charge in [0.1, 0.15) is 6.29 Å². The largest absolute Gasteiger partial charge is 0.330 e. The summed E-state index contributed by atoms with van der Waals surface area (Å²) in [4.78, 5) is 10.5. The van der Waals surface area contributed by atoms with E-state index in [1.165, 1.54) is 0 Å². The predicted molar refractivity (Wildman–Crippen MR) is 49.1 cm³/mol. The van der Waals surface area contributed by atoms with Gasteiger partial charge in [-0.1, -0.05) is 0 Å². The van der Waals surface area contributed by atoms with Crippen LogP contribution in [-0.4, -0.2) is 12.8 Å². The first-order chi connectivity index (χ1) is 6.69. The standard InChI is InChI=1S/C10H11F2NO/c11-9-4-7(2-1-3-13)8(6-14)5-10(9)12/h4-6H,1-3,13H2. The molecule has 0 atom stereocenters. The molecule has 0 aliphatic heterocycles. The van der Waals surface area contributed by atoms with E-state index in [2.05, 4.69) is 0 Å². The molecule has 0 aromatic heterocycles. The minimum Gasteiger partial charge on any atom is -0.330 e. The second-order valence-corrected chi connectivity index (χ2v) is 2.98. The van der Waals surface area contributed by atoms with Crippen molar-refractivity contribution >= 4 is 6.29 Å². The van der Waals surface area contributed by atoms with Crippen LogP contribution in [0.3, 0.4) is 0 Å². The van der Waals surface area contributed by atoms with Crippen molar-refractivity contribution in [2.75, 3.05) is 6.54 Å². The molecule has 0 aliphatic carbocycles. The summed E-state index contributed by atoms with van der Waals surface area (Å²) in [6.07, 6.45) is 1.65. The quantitative estimate of drug-likeness (QED) is 0.749. The van der Waals surface area contributed by atoms with Crippen molar-refractivity contribution in [2.24, 2.45) is 5.73 Å². The Balaban J connectivity index is 3.00. The maximum Gasteiger partial charge on any atom is 0.159 e. The molecule has 2 nitrogen and oxygen atoms in total. The van der Waals surface area contributed by atoms with Crippen molar-refractivity contribution < 1.29 is 13.6 Å². The molecule has 0 saturated carbocycles. The third-order valence-electron chi connectivity index (χ3n) is 1.96. The van der Waals surface area contributed by atoms with Crippen molar-refractivity contribution in [3.05, 3.63) is 34.9 Å². The molecule has 0 unspecified atom stereocenters. The Kier molecular flexibility index (Phi) is 3.71.